The Morgan fingerprint density at radius 1 is 1.07 bits per heavy atom. The van der Waals surface area contributed by atoms with Crippen LogP contribution >= 0.6 is 0 Å². The average molecular weight is 388 g/mol. The van der Waals surface area contributed by atoms with Crippen molar-refractivity contribution in [2.24, 2.45) is 5.41 Å². The van der Waals surface area contributed by atoms with Gasteiger partial charge in [0.15, 0.2) is 0 Å². The lowest BCUT2D eigenvalue weighted by molar-refractivity contribution is 0.129. The van der Waals surface area contributed by atoms with Crippen LogP contribution in [0.15, 0.2) is 71.3 Å². The minimum atomic E-state index is -0.203. The number of hydrogen-bond donors (Lipinski definition) is 1. The zero-order valence-electron chi connectivity index (χ0n) is 16.6. The molecule has 0 amide bonds. The number of nitrogens with zero attached hydrogens (tertiary/aromatic N) is 2. The fourth-order valence-electron chi connectivity index (χ4n) is 3.90. The standard InChI is InChI=1S/C24H24N2O3/c1-24(16-28-2)14-20(11-12-21(24)18-8-4-3-5-9-18)23-25-22(26-29-23)19-10-6-7-17(13-19)15-27/h3-13,27H,14-16H2,1-2H3. The van der Waals surface area contributed by atoms with E-state index in [4.69, 9.17) is 9.26 Å². The molecule has 1 atom stereocenters. The number of allylic oxidation sites excluding steroid dienone is 3. The third-order valence-electron chi connectivity index (χ3n) is 5.30. The van der Waals surface area contributed by atoms with E-state index in [0.29, 0.717) is 18.3 Å². The van der Waals surface area contributed by atoms with Crippen LogP contribution in [0.1, 0.15) is 30.4 Å². The minimum Gasteiger partial charge on any atom is -0.392 e. The second-order valence-electron chi connectivity index (χ2n) is 7.59. The molecule has 0 radical (unpaired) electrons. The highest BCUT2D eigenvalue weighted by atomic mass is 16.5. The van der Waals surface area contributed by atoms with Crippen molar-refractivity contribution < 1.29 is 14.4 Å². The number of benzene rings is 2. The number of aromatic nitrogens is 2. The fraction of sp³-hybridized carbons (Fsp3) is 0.250. The van der Waals surface area contributed by atoms with Crippen LogP contribution in [-0.2, 0) is 11.3 Å². The Morgan fingerprint density at radius 3 is 2.62 bits per heavy atom. The maximum absolute atomic E-state index is 9.35. The van der Waals surface area contributed by atoms with Gasteiger partial charge in [0.25, 0.3) is 5.89 Å². The van der Waals surface area contributed by atoms with Crippen molar-refractivity contribution in [3.8, 4) is 11.4 Å². The smallest absolute Gasteiger partial charge is 0.254 e. The summed E-state index contributed by atoms with van der Waals surface area (Å²) in [5, 5.41) is 13.5. The predicted molar refractivity (Wildman–Crippen MR) is 113 cm³/mol. The first-order valence-electron chi connectivity index (χ1n) is 9.63. The van der Waals surface area contributed by atoms with Crippen LogP contribution in [0, 0.1) is 5.41 Å². The molecule has 1 aromatic heterocycles. The number of aliphatic hydroxyl groups excluding tert-OH is 1. The van der Waals surface area contributed by atoms with Gasteiger partial charge in [0.2, 0.25) is 5.82 Å². The third-order valence-corrected chi connectivity index (χ3v) is 5.30. The molecular weight excluding hydrogens is 364 g/mol. The van der Waals surface area contributed by atoms with Gasteiger partial charge >= 0.3 is 0 Å². The molecule has 2 aromatic carbocycles. The first-order valence-corrected chi connectivity index (χ1v) is 9.63. The van der Waals surface area contributed by atoms with Crippen molar-refractivity contribution in [1.82, 2.24) is 10.1 Å². The summed E-state index contributed by atoms with van der Waals surface area (Å²) in [7, 11) is 1.73. The lowest BCUT2D eigenvalue weighted by Gasteiger charge is -2.34. The molecule has 1 aliphatic rings. The molecule has 1 unspecified atom stereocenters. The molecule has 1 N–H and O–H groups in total. The Bertz CT molecular complexity index is 1050. The number of hydrogen-bond acceptors (Lipinski definition) is 5. The third kappa shape index (κ3) is 3.92. The molecule has 0 saturated carbocycles. The summed E-state index contributed by atoms with van der Waals surface area (Å²) in [5.41, 5.74) is 4.85. The van der Waals surface area contributed by atoms with Crippen LogP contribution in [0.25, 0.3) is 22.5 Å². The van der Waals surface area contributed by atoms with Gasteiger partial charge in [0.05, 0.1) is 13.2 Å². The van der Waals surface area contributed by atoms with Gasteiger partial charge in [-0.3, -0.25) is 0 Å². The van der Waals surface area contributed by atoms with Gasteiger partial charge in [-0.25, -0.2) is 0 Å². The monoisotopic (exact) mass is 388 g/mol. The normalized spacial score (nSPS) is 19.0. The van der Waals surface area contributed by atoms with Crippen molar-refractivity contribution >= 4 is 11.1 Å². The average Bonchev–Trinajstić information content (AvgIpc) is 3.25. The molecular formula is C24H24N2O3. The number of ether oxygens (including phenoxy) is 1. The van der Waals surface area contributed by atoms with Crippen LogP contribution in [0.4, 0.5) is 0 Å². The Labute approximate surface area is 170 Å². The largest absolute Gasteiger partial charge is 0.392 e. The first-order chi connectivity index (χ1) is 14.1. The summed E-state index contributed by atoms with van der Waals surface area (Å²) in [6.45, 7) is 2.76. The van der Waals surface area contributed by atoms with Gasteiger partial charge in [-0.05, 0) is 29.2 Å². The van der Waals surface area contributed by atoms with E-state index in [1.807, 2.05) is 42.5 Å². The van der Waals surface area contributed by atoms with Gasteiger partial charge in [0, 0.05) is 23.7 Å². The number of methoxy groups -OCH3 is 1. The van der Waals surface area contributed by atoms with Gasteiger partial charge in [-0.15, -0.1) is 0 Å². The van der Waals surface area contributed by atoms with Crippen molar-refractivity contribution in [3.05, 3.63) is 83.8 Å². The lowest BCUT2D eigenvalue weighted by atomic mass is 9.71. The zero-order chi connectivity index (χ0) is 20.3. The fourth-order valence-corrected chi connectivity index (χ4v) is 3.90. The van der Waals surface area contributed by atoms with E-state index in [9.17, 15) is 5.11 Å². The van der Waals surface area contributed by atoms with E-state index in [1.165, 1.54) is 11.1 Å². The van der Waals surface area contributed by atoms with Crippen LogP contribution in [0.2, 0.25) is 0 Å². The lowest BCUT2D eigenvalue weighted by Crippen LogP contribution is -2.27. The summed E-state index contributed by atoms with van der Waals surface area (Å²) in [5.74, 6) is 1.03. The molecule has 5 nitrogen and oxygen atoms in total. The molecule has 1 aliphatic carbocycles. The van der Waals surface area contributed by atoms with Gasteiger partial charge < -0.3 is 14.4 Å². The van der Waals surface area contributed by atoms with Crippen molar-refractivity contribution in [1.29, 1.82) is 0 Å². The maximum atomic E-state index is 9.35. The second-order valence-corrected chi connectivity index (χ2v) is 7.59. The Kier molecular flexibility index (Phi) is 5.43. The molecule has 4 rings (SSSR count). The van der Waals surface area contributed by atoms with E-state index >= 15 is 0 Å². The number of aliphatic hydroxyl groups is 1. The summed E-state index contributed by atoms with van der Waals surface area (Å²) < 4.78 is 11.1. The molecule has 0 saturated heterocycles. The zero-order valence-corrected chi connectivity index (χ0v) is 16.6. The first kappa shape index (κ1) is 19.3. The summed E-state index contributed by atoms with van der Waals surface area (Å²) in [6.07, 6.45) is 4.92. The molecule has 5 heteroatoms. The summed E-state index contributed by atoms with van der Waals surface area (Å²) in [4.78, 5) is 4.61. The van der Waals surface area contributed by atoms with Crippen molar-refractivity contribution in [2.45, 2.75) is 20.0 Å². The van der Waals surface area contributed by atoms with E-state index in [0.717, 1.165) is 23.1 Å². The topological polar surface area (TPSA) is 68.4 Å². The summed E-state index contributed by atoms with van der Waals surface area (Å²) in [6, 6.07) is 17.9. The van der Waals surface area contributed by atoms with Crippen molar-refractivity contribution in [2.75, 3.05) is 13.7 Å². The molecule has 3 aromatic rings. The molecule has 0 aliphatic heterocycles. The molecule has 0 spiro atoms. The SMILES string of the molecule is COCC1(C)CC(c2nc(-c3cccc(CO)c3)no2)=CC=C1c1ccccc1. The predicted octanol–water partition coefficient (Wildman–Crippen LogP) is 4.75. The molecule has 0 bridgehead atoms. The second kappa shape index (κ2) is 8.15. The molecule has 0 fully saturated rings. The number of rotatable bonds is 6. The molecule has 29 heavy (non-hydrogen) atoms. The van der Waals surface area contributed by atoms with Crippen LogP contribution < -0.4 is 0 Å². The Morgan fingerprint density at radius 2 is 1.86 bits per heavy atom. The highest BCUT2D eigenvalue weighted by Gasteiger charge is 2.35. The van der Waals surface area contributed by atoms with E-state index in [1.54, 1.807) is 7.11 Å². The van der Waals surface area contributed by atoms with E-state index in [2.05, 4.69) is 41.3 Å². The molecule has 1 heterocycles. The quantitative estimate of drug-likeness (QED) is 0.660. The maximum Gasteiger partial charge on any atom is 0.254 e. The highest BCUT2D eigenvalue weighted by molar-refractivity contribution is 5.80. The van der Waals surface area contributed by atoms with Crippen LogP contribution in [0.5, 0.6) is 0 Å². The summed E-state index contributed by atoms with van der Waals surface area (Å²) >= 11 is 0. The Balaban J connectivity index is 1.68. The van der Waals surface area contributed by atoms with Crippen LogP contribution in [0.3, 0.4) is 0 Å². The van der Waals surface area contributed by atoms with Crippen LogP contribution in [-0.4, -0.2) is 29.0 Å². The van der Waals surface area contributed by atoms with E-state index < -0.39 is 0 Å². The van der Waals surface area contributed by atoms with Gasteiger partial charge in [-0.1, -0.05) is 72.8 Å². The van der Waals surface area contributed by atoms with Gasteiger partial charge in [-0.2, -0.15) is 4.98 Å². The highest BCUT2D eigenvalue weighted by Crippen LogP contribution is 2.45. The van der Waals surface area contributed by atoms with Gasteiger partial charge in [0.1, 0.15) is 0 Å². The Hall–Kier alpha value is -3.02. The van der Waals surface area contributed by atoms with Crippen molar-refractivity contribution in [3.63, 3.8) is 0 Å². The minimum absolute atomic E-state index is 0.0217. The van der Waals surface area contributed by atoms with E-state index in [-0.39, 0.29) is 12.0 Å². The molecule has 148 valence electrons.